The number of hydrogen-bond donors (Lipinski definition) is 1. The first-order valence-corrected chi connectivity index (χ1v) is 12.4. The SMILES string of the molecule is CC(C)(c1ccc(OCc2nc(C(N)=O)cs2)cc1)c1cc(Cl)c(OCCI)c(C#N)c1. The monoisotopic (exact) mass is 581 g/mol. The molecule has 0 radical (unpaired) electrons. The van der Waals surface area contributed by atoms with Crippen molar-refractivity contribution in [3.8, 4) is 17.6 Å². The summed E-state index contributed by atoms with van der Waals surface area (Å²) in [6, 6.07) is 13.6. The van der Waals surface area contributed by atoms with Crippen LogP contribution in [0.25, 0.3) is 0 Å². The van der Waals surface area contributed by atoms with Crippen LogP contribution in [0, 0.1) is 11.3 Å². The molecule has 2 aromatic carbocycles. The van der Waals surface area contributed by atoms with Crippen molar-refractivity contribution >= 4 is 51.4 Å². The minimum Gasteiger partial charge on any atom is -0.490 e. The van der Waals surface area contributed by atoms with Gasteiger partial charge in [0.05, 0.1) is 17.2 Å². The van der Waals surface area contributed by atoms with Crippen LogP contribution in [0.4, 0.5) is 0 Å². The van der Waals surface area contributed by atoms with Crippen LogP contribution in [0.15, 0.2) is 41.8 Å². The number of nitriles is 1. The molecule has 3 aromatic rings. The van der Waals surface area contributed by atoms with Crippen LogP contribution in [0.5, 0.6) is 11.5 Å². The van der Waals surface area contributed by atoms with Crippen LogP contribution in [0.3, 0.4) is 0 Å². The molecule has 2 N–H and O–H groups in total. The van der Waals surface area contributed by atoms with Gasteiger partial charge in [-0.3, -0.25) is 4.79 Å². The number of benzene rings is 2. The number of primary amides is 1. The number of nitrogens with zero attached hydrogens (tertiary/aromatic N) is 2. The van der Waals surface area contributed by atoms with E-state index in [9.17, 15) is 10.1 Å². The zero-order valence-corrected chi connectivity index (χ0v) is 21.3. The van der Waals surface area contributed by atoms with Crippen LogP contribution in [-0.2, 0) is 12.0 Å². The topological polar surface area (TPSA) is 98.2 Å². The van der Waals surface area contributed by atoms with E-state index in [0.717, 1.165) is 15.6 Å². The van der Waals surface area contributed by atoms with Crippen LogP contribution in [0.2, 0.25) is 5.02 Å². The summed E-state index contributed by atoms with van der Waals surface area (Å²) in [6.07, 6.45) is 0. The Morgan fingerprint density at radius 2 is 1.97 bits per heavy atom. The maximum absolute atomic E-state index is 11.2. The molecule has 0 saturated carbocycles. The molecule has 1 amide bonds. The van der Waals surface area contributed by atoms with Gasteiger partial charge in [0.2, 0.25) is 0 Å². The molecule has 6 nitrogen and oxygen atoms in total. The van der Waals surface area contributed by atoms with Crippen molar-refractivity contribution in [2.24, 2.45) is 5.73 Å². The summed E-state index contributed by atoms with van der Waals surface area (Å²) in [5.41, 5.74) is 7.44. The number of carbonyl (C=O) groups excluding carboxylic acids is 1. The predicted molar refractivity (Wildman–Crippen MR) is 134 cm³/mol. The smallest absolute Gasteiger partial charge is 0.268 e. The van der Waals surface area contributed by atoms with Crippen molar-refractivity contribution in [3.63, 3.8) is 0 Å². The fourth-order valence-corrected chi connectivity index (χ4v) is 4.28. The van der Waals surface area contributed by atoms with E-state index in [1.807, 2.05) is 36.4 Å². The van der Waals surface area contributed by atoms with Gasteiger partial charge in [0.1, 0.15) is 29.1 Å². The summed E-state index contributed by atoms with van der Waals surface area (Å²) in [7, 11) is 0. The van der Waals surface area contributed by atoms with Gasteiger partial charge >= 0.3 is 0 Å². The first-order valence-electron chi connectivity index (χ1n) is 9.66. The Kier molecular flexibility index (Phi) is 7.98. The highest BCUT2D eigenvalue weighted by molar-refractivity contribution is 14.1. The van der Waals surface area contributed by atoms with Crippen molar-refractivity contribution in [2.75, 3.05) is 11.0 Å². The molecule has 1 aromatic heterocycles. The normalized spacial score (nSPS) is 11.1. The van der Waals surface area contributed by atoms with Crippen molar-refractivity contribution < 1.29 is 14.3 Å². The molecule has 0 aliphatic carbocycles. The Morgan fingerprint density at radius 1 is 1.25 bits per heavy atom. The Hall–Kier alpha value is -2.35. The zero-order valence-electron chi connectivity index (χ0n) is 17.5. The van der Waals surface area contributed by atoms with Crippen molar-refractivity contribution in [2.45, 2.75) is 25.9 Å². The lowest BCUT2D eigenvalue weighted by atomic mass is 9.77. The second kappa shape index (κ2) is 10.5. The molecule has 3 rings (SSSR count). The Labute approximate surface area is 209 Å². The van der Waals surface area contributed by atoms with Gasteiger partial charge < -0.3 is 15.2 Å². The highest BCUT2D eigenvalue weighted by Gasteiger charge is 2.26. The second-order valence-electron chi connectivity index (χ2n) is 7.41. The van der Waals surface area contributed by atoms with E-state index in [0.29, 0.717) is 33.7 Å². The van der Waals surface area contributed by atoms with E-state index < -0.39 is 11.3 Å². The number of halogens is 2. The molecule has 0 saturated heterocycles. The maximum Gasteiger partial charge on any atom is 0.268 e. The van der Waals surface area contributed by atoms with Crippen molar-refractivity contribution in [3.05, 3.63) is 74.2 Å². The Balaban J connectivity index is 1.77. The number of thiazole rings is 1. The number of ether oxygens (including phenoxy) is 2. The largest absolute Gasteiger partial charge is 0.490 e. The number of rotatable bonds is 9. The maximum atomic E-state index is 11.2. The molecular formula is C23H21ClIN3O3S. The lowest BCUT2D eigenvalue weighted by Gasteiger charge is -2.27. The standard InChI is InChI=1S/C23H21ClIN3O3S/c1-23(2,16-9-14(11-26)21(18(24)10-16)30-8-7-25)15-3-5-17(6-4-15)31-12-20-28-19(13-32-20)22(27)29/h3-6,9-10,13H,7-8,12H2,1-2H3,(H2,27,29). The van der Waals surface area contributed by atoms with Gasteiger partial charge in [-0.1, -0.05) is 60.2 Å². The zero-order chi connectivity index (χ0) is 23.3. The fraction of sp³-hybridized carbons (Fsp3) is 0.261. The van der Waals surface area contributed by atoms with E-state index in [1.165, 1.54) is 11.3 Å². The predicted octanol–water partition coefficient (Wildman–Crippen LogP) is 5.49. The van der Waals surface area contributed by atoms with Gasteiger partial charge in [-0.15, -0.1) is 11.3 Å². The summed E-state index contributed by atoms with van der Waals surface area (Å²) in [4.78, 5) is 15.3. The number of hydrogen-bond acceptors (Lipinski definition) is 6. The molecular weight excluding hydrogens is 561 g/mol. The molecule has 1 heterocycles. The minimum absolute atomic E-state index is 0.242. The number of alkyl halides is 1. The molecule has 166 valence electrons. The number of amides is 1. The second-order valence-corrected chi connectivity index (χ2v) is 9.84. The van der Waals surface area contributed by atoms with Gasteiger partial charge in [0, 0.05) is 15.2 Å². The first-order chi connectivity index (χ1) is 15.3. The lowest BCUT2D eigenvalue weighted by molar-refractivity contribution is 0.0996. The highest BCUT2D eigenvalue weighted by Crippen LogP contribution is 2.38. The molecule has 0 fully saturated rings. The summed E-state index contributed by atoms with van der Waals surface area (Å²) in [5, 5.41) is 12.3. The van der Waals surface area contributed by atoms with Crippen molar-refractivity contribution in [1.82, 2.24) is 4.98 Å². The van der Waals surface area contributed by atoms with E-state index in [4.69, 9.17) is 26.8 Å². The lowest BCUT2D eigenvalue weighted by Crippen LogP contribution is -2.19. The van der Waals surface area contributed by atoms with Crippen LogP contribution < -0.4 is 15.2 Å². The number of aromatic nitrogens is 1. The van der Waals surface area contributed by atoms with Gasteiger partial charge in [0.15, 0.2) is 5.75 Å². The minimum atomic E-state index is -0.552. The van der Waals surface area contributed by atoms with Gasteiger partial charge in [-0.25, -0.2) is 4.98 Å². The fourth-order valence-electron chi connectivity index (χ4n) is 3.09. The quantitative estimate of drug-likeness (QED) is 0.266. The van der Waals surface area contributed by atoms with E-state index in [1.54, 1.807) is 5.38 Å². The Morgan fingerprint density at radius 3 is 2.56 bits per heavy atom. The molecule has 0 aliphatic heterocycles. The molecule has 0 spiro atoms. The average molecular weight is 582 g/mol. The Bertz CT molecular complexity index is 1160. The highest BCUT2D eigenvalue weighted by atomic mass is 127. The average Bonchev–Trinajstić information content (AvgIpc) is 3.26. The summed E-state index contributed by atoms with van der Waals surface area (Å²) in [5.74, 6) is 0.554. The molecule has 0 atom stereocenters. The van der Waals surface area contributed by atoms with Crippen molar-refractivity contribution in [1.29, 1.82) is 5.26 Å². The third kappa shape index (κ3) is 5.52. The molecule has 0 bridgehead atoms. The van der Waals surface area contributed by atoms with Crippen LogP contribution in [-0.4, -0.2) is 21.9 Å². The molecule has 9 heteroatoms. The van der Waals surface area contributed by atoms with Crippen LogP contribution >= 0.6 is 45.5 Å². The third-order valence-corrected chi connectivity index (χ3v) is 6.50. The summed E-state index contributed by atoms with van der Waals surface area (Å²) in [6.45, 7) is 4.88. The van der Waals surface area contributed by atoms with E-state index >= 15 is 0 Å². The first kappa shape index (κ1) is 24.3. The summed E-state index contributed by atoms with van der Waals surface area (Å²) >= 11 is 9.99. The summed E-state index contributed by atoms with van der Waals surface area (Å²) < 4.78 is 12.2. The van der Waals surface area contributed by atoms with Gasteiger partial charge in [-0.05, 0) is 35.4 Å². The van der Waals surface area contributed by atoms with E-state index in [2.05, 4.69) is 47.5 Å². The number of carbonyl (C=O) groups is 1. The van der Waals surface area contributed by atoms with E-state index in [-0.39, 0.29) is 12.3 Å². The number of nitrogens with two attached hydrogens (primary N) is 1. The van der Waals surface area contributed by atoms with Gasteiger partial charge in [-0.2, -0.15) is 5.26 Å². The van der Waals surface area contributed by atoms with Gasteiger partial charge in [0.25, 0.3) is 5.91 Å². The molecule has 0 aliphatic rings. The third-order valence-electron chi connectivity index (χ3n) is 4.95. The molecule has 32 heavy (non-hydrogen) atoms. The van der Waals surface area contributed by atoms with Crippen LogP contribution in [0.1, 0.15) is 46.0 Å². The molecule has 0 unspecified atom stereocenters.